The second-order valence-corrected chi connectivity index (χ2v) is 4.76. The number of aromatic nitrogens is 2. The SMILES string of the molecule is Cc1nc2cc[n+]([O-])c(N3CCC(F)(F)CC3)c2o1. The molecule has 19 heavy (non-hydrogen) atoms. The molecule has 0 radical (unpaired) electrons. The number of fused-ring (bicyclic) bond motifs is 1. The molecule has 1 fully saturated rings. The molecule has 2 aromatic heterocycles. The van der Waals surface area contributed by atoms with Gasteiger partial charge in [0, 0.05) is 25.8 Å². The van der Waals surface area contributed by atoms with Gasteiger partial charge in [0.1, 0.15) is 5.52 Å². The number of aryl methyl sites for hydroxylation is 1. The van der Waals surface area contributed by atoms with Crippen molar-refractivity contribution in [2.24, 2.45) is 0 Å². The van der Waals surface area contributed by atoms with Gasteiger partial charge in [-0.1, -0.05) is 0 Å². The van der Waals surface area contributed by atoms with Crippen LogP contribution in [-0.4, -0.2) is 24.0 Å². The number of anilines is 1. The first-order valence-electron chi connectivity index (χ1n) is 6.08. The van der Waals surface area contributed by atoms with Crippen molar-refractivity contribution >= 4 is 16.9 Å². The van der Waals surface area contributed by atoms with Gasteiger partial charge < -0.3 is 9.62 Å². The molecule has 0 unspecified atom stereocenters. The Hall–Kier alpha value is -1.92. The molecular weight excluding hydrogens is 256 g/mol. The lowest BCUT2D eigenvalue weighted by Crippen LogP contribution is -2.45. The van der Waals surface area contributed by atoms with Crippen molar-refractivity contribution in [2.75, 3.05) is 18.0 Å². The van der Waals surface area contributed by atoms with E-state index in [1.54, 1.807) is 17.9 Å². The van der Waals surface area contributed by atoms with Crippen LogP contribution in [0.1, 0.15) is 18.7 Å². The summed E-state index contributed by atoms with van der Waals surface area (Å²) >= 11 is 0. The minimum absolute atomic E-state index is 0.133. The van der Waals surface area contributed by atoms with Gasteiger partial charge in [0.25, 0.3) is 5.92 Å². The number of piperidine rings is 1. The quantitative estimate of drug-likeness (QED) is 0.587. The number of pyridine rings is 1. The number of hydrogen-bond donors (Lipinski definition) is 0. The topological polar surface area (TPSA) is 56.2 Å². The standard InChI is InChI=1S/C12H13F2N3O2/c1-8-15-9-2-5-17(18)11(10(9)19-8)16-6-3-12(13,14)4-7-16/h2,5H,3-4,6-7H2,1H3. The highest BCUT2D eigenvalue weighted by atomic mass is 19.3. The van der Waals surface area contributed by atoms with E-state index in [1.807, 2.05) is 0 Å². The predicted molar refractivity (Wildman–Crippen MR) is 64.1 cm³/mol. The van der Waals surface area contributed by atoms with Crippen LogP contribution in [-0.2, 0) is 0 Å². The molecule has 2 aromatic rings. The molecule has 3 rings (SSSR count). The molecule has 5 nitrogen and oxygen atoms in total. The third-order valence-corrected chi connectivity index (χ3v) is 3.33. The average Bonchev–Trinajstić information content (AvgIpc) is 2.71. The zero-order valence-corrected chi connectivity index (χ0v) is 10.4. The summed E-state index contributed by atoms with van der Waals surface area (Å²) in [7, 11) is 0. The van der Waals surface area contributed by atoms with Crippen molar-refractivity contribution in [1.82, 2.24) is 4.98 Å². The number of alkyl halides is 2. The fraction of sp³-hybridized carbons (Fsp3) is 0.500. The highest BCUT2D eigenvalue weighted by molar-refractivity contribution is 5.82. The zero-order chi connectivity index (χ0) is 13.6. The van der Waals surface area contributed by atoms with E-state index in [-0.39, 0.29) is 31.7 Å². The Bertz CT molecular complexity index is 617. The van der Waals surface area contributed by atoms with Gasteiger partial charge in [-0.05, 0) is 0 Å². The Balaban J connectivity index is 2.02. The van der Waals surface area contributed by atoms with Crippen LogP contribution in [0.15, 0.2) is 16.7 Å². The van der Waals surface area contributed by atoms with Crippen LogP contribution in [0.4, 0.5) is 14.6 Å². The normalized spacial score (nSPS) is 19.0. The summed E-state index contributed by atoms with van der Waals surface area (Å²) < 4.78 is 32.4. The molecule has 0 saturated carbocycles. The molecule has 1 saturated heterocycles. The van der Waals surface area contributed by atoms with Gasteiger partial charge in [-0.25, -0.2) is 18.5 Å². The third kappa shape index (κ3) is 2.09. The molecule has 3 heterocycles. The maximum Gasteiger partial charge on any atom is 0.325 e. The maximum atomic E-state index is 13.2. The van der Waals surface area contributed by atoms with Gasteiger partial charge in [0.2, 0.25) is 5.58 Å². The van der Waals surface area contributed by atoms with Crippen LogP contribution < -0.4 is 9.63 Å². The summed E-state index contributed by atoms with van der Waals surface area (Å²) in [6.07, 6.45) is 0.819. The first kappa shape index (κ1) is 12.1. The summed E-state index contributed by atoms with van der Waals surface area (Å²) in [6.45, 7) is 1.95. The molecule has 0 bridgehead atoms. The highest BCUT2D eigenvalue weighted by Crippen LogP contribution is 2.32. The first-order chi connectivity index (χ1) is 8.96. The molecule has 0 atom stereocenters. The zero-order valence-electron chi connectivity index (χ0n) is 10.4. The second kappa shape index (κ2) is 4.04. The Labute approximate surface area is 108 Å². The molecule has 102 valence electrons. The Morgan fingerprint density at radius 1 is 1.42 bits per heavy atom. The largest absolute Gasteiger partial charge is 0.711 e. The highest BCUT2D eigenvalue weighted by Gasteiger charge is 2.39. The summed E-state index contributed by atoms with van der Waals surface area (Å²) in [5.41, 5.74) is 0.928. The first-order valence-corrected chi connectivity index (χ1v) is 6.08. The summed E-state index contributed by atoms with van der Waals surface area (Å²) in [6, 6.07) is 1.56. The average molecular weight is 269 g/mol. The van der Waals surface area contributed by atoms with Crippen LogP contribution in [0.5, 0.6) is 0 Å². The van der Waals surface area contributed by atoms with Crippen LogP contribution in [0.25, 0.3) is 11.1 Å². The summed E-state index contributed by atoms with van der Waals surface area (Å²) in [5.74, 6) is -1.92. The van der Waals surface area contributed by atoms with Gasteiger partial charge >= 0.3 is 5.82 Å². The lowest BCUT2D eigenvalue weighted by atomic mass is 10.1. The summed E-state index contributed by atoms with van der Waals surface area (Å²) in [5, 5.41) is 11.9. The smallest absolute Gasteiger partial charge is 0.325 e. The Morgan fingerprint density at radius 2 is 2.11 bits per heavy atom. The van der Waals surface area contributed by atoms with Crippen molar-refractivity contribution in [3.05, 3.63) is 23.4 Å². The van der Waals surface area contributed by atoms with E-state index in [2.05, 4.69) is 4.98 Å². The van der Waals surface area contributed by atoms with E-state index < -0.39 is 5.92 Å². The second-order valence-electron chi connectivity index (χ2n) is 4.76. The van der Waals surface area contributed by atoms with E-state index in [4.69, 9.17) is 4.42 Å². The van der Waals surface area contributed by atoms with Gasteiger partial charge in [-0.2, -0.15) is 0 Å². The fourth-order valence-electron chi connectivity index (χ4n) is 2.35. The van der Waals surface area contributed by atoms with Gasteiger partial charge in [0.05, 0.1) is 19.3 Å². The van der Waals surface area contributed by atoms with E-state index in [9.17, 15) is 14.0 Å². The number of oxazole rings is 1. The lowest BCUT2D eigenvalue weighted by molar-refractivity contribution is -0.591. The number of rotatable bonds is 1. The van der Waals surface area contributed by atoms with Gasteiger partial charge in [0.15, 0.2) is 5.89 Å². The predicted octanol–water partition coefficient (Wildman–Crippen LogP) is 2.01. The molecule has 0 aliphatic carbocycles. The van der Waals surface area contributed by atoms with Crippen molar-refractivity contribution in [2.45, 2.75) is 25.7 Å². The van der Waals surface area contributed by atoms with E-state index in [0.29, 0.717) is 21.7 Å². The minimum Gasteiger partial charge on any atom is -0.711 e. The Morgan fingerprint density at radius 3 is 2.79 bits per heavy atom. The molecule has 0 amide bonds. The van der Waals surface area contributed by atoms with Crippen LogP contribution in [0.3, 0.4) is 0 Å². The van der Waals surface area contributed by atoms with E-state index in [1.165, 1.54) is 6.20 Å². The summed E-state index contributed by atoms with van der Waals surface area (Å²) in [4.78, 5) is 5.78. The molecular formula is C12H13F2N3O2. The monoisotopic (exact) mass is 269 g/mol. The number of hydrogen-bond acceptors (Lipinski definition) is 4. The van der Waals surface area contributed by atoms with E-state index in [0.717, 1.165) is 0 Å². The van der Waals surface area contributed by atoms with Crippen molar-refractivity contribution in [3.63, 3.8) is 0 Å². The molecule has 1 aliphatic rings. The lowest BCUT2D eigenvalue weighted by Gasteiger charge is -2.28. The molecule has 0 spiro atoms. The van der Waals surface area contributed by atoms with Crippen molar-refractivity contribution in [1.29, 1.82) is 0 Å². The number of nitrogens with zero attached hydrogens (tertiary/aromatic N) is 3. The molecule has 1 aliphatic heterocycles. The molecule has 0 N–H and O–H groups in total. The number of halogens is 2. The molecule has 7 heteroatoms. The van der Waals surface area contributed by atoms with Gasteiger partial charge in [-0.15, -0.1) is 0 Å². The third-order valence-electron chi connectivity index (χ3n) is 3.33. The minimum atomic E-state index is -2.64. The van der Waals surface area contributed by atoms with Crippen LogP contribution in [0.2, 0.25) is 0 Å². The van der Waals surface area contributed by atoms with Crippen molar-refractivity contribution in [3.8, 4) is 0 Å². The molecule has 0 aromatic carbocycles. The Kier molecular flexibility index (Phi) is 2.58. The van der Waals surface area contributed by atoms with Crippen LogP contribution in [0, 0.1) is 12.1 Å². The van der Waals surface area contributed by atoms with Gasteiger partial charge in [-0.3, -0.25) is 4.90 Å². The fourth-order valence-corrected chi connectivity index (χ4v) is 2.35. The maximum absolute atomic E-state index is 13.2. The van der Waals surface area contributed by atoms with E-state index >= 15 is 0 Å². The van der Waals surface area contributed by atoms with Crippen LogP contribution >= 0.6 is 0 Å². The van der Waals surface area contributed by atoms with Crippen molar-refractivity contribution < 1.29 is 17.9 Å².